The molecule has 0 saturated carbocycles. The number of rotatable bonds is 2. The van der Waals surface area contributed by atoms with Gasteiger partial charge in [-0.25, -0.2) is 4.98 Å². The quantitative estimate of drug-likeness (QED) is 0.613. The zero-order valence-electron chi connectivity index (χ0n) is 9.76. The van der Waals surface area contributed by atoms with E-state index in [1.165, 1.54) is 0 Å². The first-order valence-corrected chi connectivity index (χ1v) is 6.81. The van der Waals surface area contributed by atoms with Crippen LogP contribution < -0.4 is 4.90 Å². The van der Waals surface area contributed by atoms with Gasteiger partial charge in [0, 0.05) is 13.0 Å². The number of carbonyl (C=O) groups is 1. The van der Waals surface area contributed by atoms with Crippen LogP contribution in [-0.2, 0) is 21.2 Å². The van der Waals surface area contributed by atoms with Gasteiger partial charge < -0.3 is 4.90 Å². The summed E-state index contributed by atoms with van der Waals surface area (Å²) in [5.41, 5.74) is -1.14. The van der Waals surface area contributed by atoms with Gasteiger partial charge in [-0.2, -0.15) is 21.6 Å². The number of hydrogen-bond acceptors (Lipinski definition) is 4. The molecule has 2 heterocycles. The third kappa shape index (κ3) is 2.89. The van der Waals surface area contributed by atoms with Crippen molar-refractivity contribution in [2.24, 2.45) is 0 Å². The Labute approximate surface area is 111 Å². The minimum atomic E-state index is -4.87. The SMILES string of the molecule is O=C1CC(S(=O)(=O)F)CN1c1ccc(C(F)(F)F)nc1. The van der Waals surface area contributed by atoms with Gasteiger partial charge >= 0.3 is 16.4 Å². The maximum atomic E-state index is 12.8. The highest BCUT2D eigenvalue weighted by Gasteiger charge is 2.39. The lowest BCUT2D eigenvalue weighted by Gasteiger charge is -2.16. The molecule has 1 unspecified atom stereocenters. The molecular formula is C10H8F4N2O3S. The van der Waals surface area contributed by atoms with Crippen molar-refractivity contribution in [1.29, 1.82) is 0 Å². The van der Waals surface area contributed by atoms with Crippen LogP contribution in [0.4, 0.5) is 22.7 Å². The van der Waals surface area contributed by atoms with Crippen LogP contribution in [0.3, 0.4) is 0 Å². The summed E-state index contributed by atoms with van der Waals surface area (Å²) in [5.74, 6) is -0.683. The number of alkyl halides is 3. The van der Waals surface area contributed by atoms with Gasteiger partial charge in [0.2, 0.25) is 5.91 Å². The summed E-state index contributed by atoms with van der Waals surface area (Å²) in [6.07, 6.45) is -4.35. The molecule has 0 aromatic carbocycles. The summed E-state index contributed by atoms with van der Waals surface area (Å²) >= 11 is 0. The lowest BCUT2D eigenvalue weighted by atomic mass is 10.3. The van der Waals surface area contributed by atoms with Crippen LogP contribution in [0.5, 0.6) is 0 Å². The Hall–Kier alpha value is -1.71. The molecule has 1 atom stereocenters. The van der Waals surface area contributed by atoms with Gasteiger partial charge in [-0.1, -0.05) is 0 Å². The standard InChI is InChI=1S/C10H8F4N2O3S/c11-10(12,13)8-2-1-6(4-15-8)16-5-7(3-9(16)17)20(14,18)19/h1-2,4,7H,3,5H2. The van der Waals surface area contributed by atoms with Gasteiger partial charge in [0.05, 0.1) is 11.9 Å². The number of aromatic nitrogens is 1. The van der Waals surface area contributed by atoms with Crippen molar-refractivity contribution in [1.82, 2.24) is 4.98 Å². The highest BCUT2D eigenvalue weighted by atomic mass is 32.3. The van der Waals surface area contributed by atoms with Gasteiger partial charge in [0.1, 0.15) is 10.9 Å². The average Bonchev–Trinajstić information content (AvgIpc) is 2.70. The Morgan fingerprint density at radius 1 is 1.30 bits per heavy atom. The minimum absolute atomic E-state index is 0.00542. The lowest BCUT2D eigenvalue weighted by molar-refractivity contribution is -0.141. The van der Waals surface area contributed by atoms with E-state index in [-0.39, 0.29) is 5.69 Å². The summed E-state index contributed by atoms with van der Waals surface area (Å²) in [6, 6.07) is 1.65. The third-order valence-corrected chi connectivity index (χ3v) is 3.95. The Morgan fingerprint density at radius 2 is 1.95 bits per heavy atom. The van der Waals surface area contributed by atoms with Crippen LogP contribution in [0.1, 0.15) is 12.1 Å². The molecule has 0 radical (unpaired) electrons. The second-order valence-electron chi connectivity index (χ2n) is 4.21. The van der Waals surface area contributed by atoms with Crippen LogP contribution in [0, 0.1) is 0 Å². The minimum Gasteiger partial charge on any atom is -0.309 e. The smallest absolute Gasteiger partial charge is 0.309 e. The Bertz CT molecular complexity index is 627. The molecule has 1 fully saturated rings. The van der Waals surface area contributed by atoms with Crippen LogP contribution >= 0.6 is 0 Å². The van der Waals surface area contributed by atoms with Gasteiger partial charge in [-0.05, 0) is 12.1 Å². The first-order chi connectivity index (χ1) is 9.09. The maximum absolute atomic E-state index is 12.8. The molecule has 2 rings (SSSR count). The molecule has 1 saturated heterocycles. The van der Waals surface area contributed by atoms with E-state index in [0.29, 0.717) is 6.07 Å². The molecule has 110 valence electrons. The normalized spacial score (nSPS) is 20.5. The summed E-state index contributed by atoms with van der Waals surface area (Å²) in [6.45, 7) is -0.440. The molecule has 0 N–H and O–H groups in total. The zero-order valence-corrected chi connectivity index (χ0v) is 10.6. The van der Waals surface area contributed by atoms with Gasteiger partial charge in [-0.3, -0.25) is 4.79 Å². The van der Waals surface area contributed by atoms with Gasteiger partial charge in [-0.15, -0.1) is 3.89 Å². The van der Waals surface area contributed by atoms with Crippen molar-refractivity contribution in [3.05, 3.63) is 24.0 Å². The van der Waals surface area contributed by atoms with Crippen molar-refractivity contribution in [3.8, 4) is 0 Å². The first-order valence-electron chi connectivity index (χ1n) is 5.36. The predicted molar refractivity (Wildman–Crippen MR) is 60.0 cm³/mol. The highest BCUT2D eigenvalue weighted by molar-refractivity contribution is 7.87. The fourth-order valence-corrected chi connectivity index (χ4v) is 2.50. The summed E-state index contributed by atoms with van der Waals surface area (Å²) in [4.78, 5) is 15.6. The van der Waals surface area contributed by atoms with Crippen molar-refractivity contribution in [3.63, 3.8) is 0 Å². The number of anilines is 1. The average molecular weight is 312 g/mol. The van der Waals surface area contributed by atoms with Crippen molar-refractivity contribution in [2.75, 3.05) is 11.4 Å². The molecular weight excluding hydrogens is 304 g/mol. The molecule has 1 aliphatic heterocycles. The van der Waals surface area contributed by atoms with Crippen molar-refractivity contribution < 1.29 is 30.3 Å². The molecule has 1 amide bonds. The first kappa shape index (κ1) is 14.7. The van der Waals surface area contributed by atoms with E-state index < -0.39 is 46.2 Å². The zero-order chi connectivity index (χ0) is 15.1. The lowest BCUT2D eigenvalue weighted by Crippen LogP contribution is -2.27. The molecule has 1 aromatic rings. The van der Waals surface area contributed by atoms with Gasteiger partial charge in [0.25, 0.3) is 0 Å². The van der Waals surface area contributed by atoms with Crippen LogP contribution in [0.15, 0.2) is 18.3 Å². The van der Waals surface area contributed by atoms with Gasteiger partial charge in [0.15, 0.2) is 0 Å². The maximum Gasteiger partial charge on any atom is 0.433 e. The van der Waals surface area contributed by atoms with E-state index in [1.54, 1.807) is 0 Å². The Kier molecular flexibility index (Phi) is 3.44. The van der Waals surface area contributed by atoms with Crippen LogP contribution in [-0.4, -0.2) is 31.1 Å². The summed E-state index contributed by atoms with van der Waals surface area (Å²) < 4.78 is 71.2. The van der Waals surface area contributed by atoms with E-state index >= 15 is 0 Å². The number of amides is 1. The Morgan fingerprint density at radius 3 is 2.35 bits per heavy atom. The van der Waals surface area contributed by atoms with Crippen molar-refractivity contribution >= 4 is 21.8 Å². The molecule has 1 aliphatic rings. The molecule has 10 heteroatoms. The summed E-state index contributed by atoms with van der Waals surface area (Å²) in [7, 11) is -4.87. The number of hydrogen-bond donors (Lipinski definition) is 0. The second-order valence-corrected chi connectivity index (χ2v) is 5.82. The largest absolute Gasteiger partial charge is 0.433 e. The van der Waals surface area contributed by atoms with Crippen LogP contribution in [0.25, 0.3) is 0 Å². The predicted octanol–water partition coefficient (Wildman–Crippen LogP) is 1.50. The molecule has 20 heavy (non-hydrogen) atoms. The molecule has 1 aromatic heterocycles. The van der Waals surface area contributed by atoms with E-state index in [0.717, 1.165) is 17.2 Å². The van der Waals surface area contributed by atoms with E-state index in [9.17, 15) is 30.3 Å². The van der Waals surface area contributed by atoms with Crippen LogP contribution in [0.2, 0.25) is 0 Å². The van der Waals surface area contributed by atoms with E-state index in [1.807, 2.05) is 0 Å². The monoisotopic (exact) mass is 312 g/mol. The van der Waals surface area contributed by atoms with Crippen molar-refractivity contribution in [2.45, 2.75) is 17.8 Å². The number of nitrogens with zero attached hydrogens (tertiary/aromatic N) is 2. The molecule has 0 bridgehead atoms. The number of pyridine rings is 1. The fourth-order valence-electron chi connectivity index (χ4n) is 1.83. The molecule has 5 nitrogen and oxygen atoms in total. The molecule has 0 aliphatic carbocycles. The third-order valence-electron chi connectivity index (χ3n) is 2.84. The number of carbonyl (C=O) groups excluding carboxylic acids is 1. The molecule has 0 spiro atoms. The van der Waals surface area contributed by atoms with E-state index in [4.69, 9.17) is 0 Å². The number of halogens is 4. The Balaban J connectivity index is 2.23. The fraction of sp³-hybridized carbons (Fsp3) is 0.400. The topological polar surface area (TPSA) is 67.3 Å². The summed E-state index contributed by atoms with van der Waals surface area (Å²) in [5, 5.41) is -1.50. The highest BCUT2D eigenvalue weighted by Crippen LogP contribution is 2.30. The second kappa shape index (κ2) is 4.69. The van der Waals surface area contributed by atoms with E-state index in [2.05, 4.69) is 4.98 Å².